The number of primary amides is 1. The molecule has 4 saturated heterocycles. The highest BCUT2D eigenvalue weighted by Gasteiger charge is 2.30. The third kappa shape index (κ3) is 8.66. The number of carbonyl (C=O) groups is 3. The number of ether oxygens (including phenoxy) is 2. The number of carbonyl (C=O) groups excluding carboxylic acids is 3. The minimum atomic E-state index is -0.640. The fourth-order valence-electron chi connectivity index (χ4n) is 7.75. The molecule has 4 aliphatic heterocycles. The van der Waals surface area contributed by atoms with Crippen molar-refractivity contribution in [3.8, 4) is 5.75 Å². The molecule has 7 rings (SSSR count). The van der Waals surface area contributed by atoms with E-state index in [1.54, 1.807) is 18.2 Å². The molecule has 0 atom stereocenters. The maximum Gasteiger partial charge on any atom is 0.328 e. The number of nitrogens with zero attached hydrogens (tertiary/aromatic N) is 7. The smallest absolute Gasteiger partial charge is 0.328 e. The molecule has 3 aromatic rings. The Kier molecular flexibility index (Phi) is 11.7. The van der Waals surface area contributed by atoms with Crippen LogP contribution in [0.25, 0.3) is 0 Å². The van der Waals surface area contributed by atoms with Crippen molar-refractivity contribution in [1.82, 2.24) is 30.1 Å². The minimum absolute atomic E-state index is 0.103. The van der Waals surface area contributed by atoms with Crippen LogP contribution in [0.2, 0.25) is 0 Å². The molecule has 2 aromatic heterocycles. The number of nitrogens with two attached hydrogens (primary N) is 1. The lowest BCUT2D eigenvalue weighted by Gasteiger charge is -2.43. The van der Waals surface area contributed by atoms with Gasteiger partial charge in [0.05, 0.1) is 36.1 Å². The first-order valence-electron chi connectivity index (χ1n) is 19.1. The van der Waals surface area contributed by atoms with Gasteiger partial charge in [0, 0.05) is 95.8 Å². The van der Waals surface area contributed by atoms with Gasteiger partial charge < -0.3 is 30.7 Å². The molecule has 0 aliphatic carbocycles. The molecule has 0 unspecified atom stereocenters. The molecule has 16 nitrogen and oxygen atoms in total. The SMILES string of the molecule is CCc1nc(C(N)=O)c(Nc2ccc(N3CCC(N4CCN(Cc5ccc(N6CCC(=O)NC6=O)cn5)CC4)CC3)c(OC)c2)nc1NC1CCOCC1. The number of aromatic nitrogens is 3. The zero-order chi connectivity index (χ0) is 37.6. The minimum Gasteiger partial charge on any atom is -0.495 e. The molecular formula is C38H51N11O5. The number of imide groups is 1. The zero-order valence-electron chi connectivity index (χ0n) is 31.2. The highest BCUT2D eigenvalue weighted by atomic mass is 16.5. The molecule has 4 amide bonds. The molecule has 54 heavy (non-hydrogen) atoms. The molecule has 4 fully saturated rings. The molecule has 4 aliphatic rings. The summed E-state index contributed by atoms with van der Waals surface area (Å²) in [4.78, 5) is 59.1. The quantitative estimate of drug-likeness (QED) is 0.213. The van der Waals surface area contributed by atoms with Gasteiger partial charge in [-0.25, -0.2) is 14.8 Å². The first kappa shape index (κ1) is 37.3. The Bertz CT molecular complexity index is 1800. The van der Waals surface area contributed by atoms with Gasteiger partial charge in [0.25, 0.3) is 5.91 Å². The number of methoxy groups -OCH3 is 1. The number of benzene rings is 1. The first-order valence-corrected chi connectivity index (χ1v) is 19.1. The maximum absolute atomic E-state index is 12.5. The van der Waals surface area contributed by atoms with E-state index in [-0.39, 0.29) is 17.6 Å². The molecule has 5 N–H and O–H groups in total. The van der Waals surface area contributed by atoms with Crippen LogP contribution in [0.4, 0.5) is 33.5 Å². The Morgan fingerprint density at radius 3 is 2.43 bits per heavy atom. The van der Waals surface area contributed by atoms with E-state index >= 15 is 0 Å². The largest absolute Gasteiger partial charge is 0.495 e. The van der Waals surface area contributed by atoms with Crippen molar-refractivity contribution in [2.24, 2.45) is 5.73 Å². The van der Waals surface area contributed by atoms with Crippen LogP contribution in [0, 0.1) is 0 Å². The number of pyridine rings is 1. The summed E-state index contributed by atoms with van der Waals surface area (Å²) in [6.07, 6.45) is 6.49. The summed E-state index contributed by atoms with van der Waals surface area (Å²) >= 11 is 0. The van der Waals surface area contributed by atoms with Gasteiger partial charge >= 0.3 is 6.03 Å². The molecule has 0 radical (unpaired) electrons. The standard InChI is InChI=1S/C38H51N11O5/c1-3-30-36(41-25-11-20-54-21-12-25)45-37(34(43-30)35(39)51)42-26-5-7-31(32(22-26)53-2)48-13-8-28(9-14-48)47-18-16-46(17-19-47)24-27-4-6-29(23-40-27)49-15-10-33(50)44-38(49)52/h4-7,22-23,25,28H,3,8-21,24H2,1-2H3,(H2,39,51)(H2,41,42,45)(H,44,50,52). The summed E-state index contributed by atoms with van der Waals surface area (Å²) in [5, 5.41) is 9.17. The van der Waals surface area contributed by atoms with E-state index in [1.165, 1.54) is 0 Å². The van der Waals surface area contributed by atoms with Crippen LogP contribution in [0.1, 0.15) is 60.9 Å². The molecular weight excluding hydrogens is 690 g/mol. The monoisotopic (exact) mass is 741 g/mol. The summed E-state index contributed by atoms with van der Waals surface area (Å²) in [6.45, 7) is 10.3. The summed E-state index contributed by atoms with van der Waals surface area (Å²) < 4.78 is 11.4. The van der Waals surface area contributed by atoms with Crippen molar-refractivity contribution in [3.05, 3.63) is 53.6 Å². The second-order valence-corrected chi connectivity index (χ2v) is 14.3. The van der Waals surface area contributed by atoms with Crippen LogP contribution >= 0.6 is 0 Å². The van der Waals surface area contributed by atoms with Gasteiger partial charge in [0.2, 0.25) is 5.91 Å². The number of piperazine rings is 1. The van der Waals surface area contributed by atoms with Gasteiger partial charge in [-0.05, 0) is 56.4 Å². The number of rotatable bonds is 12. The van der Waals surface area contributed by atoms with Gasteiger partial charge in [0.15, 0.2) is 17.3 Å². The second-order valence-electron chi connectivity index (χ2n) is 14.3. The second kappa shape index (κ2) is 17.0. The van der Waals surface area contributed by atoms with E-state index < -0.39 is 11.9 Å². The Morgan fingerprint density at radius 1 is 0.981 bits per heavy atom. The van der Waals surface area contributed by atoms with Crippen LogP contribution in [-0.4, -0.2) is 121 Å². The van der Waals surface area contributed by atoms with Crippen LogP contribution < -0.4 is 36.2 Å². The van der Waals surface area contributed by atoms with Crippen molar-refractivity contribution >= 4 is 46.5 Å². The molecule has 0 bridgehead atoms. The topological polar surface area (TPSA) is 183 Å². The van der Waals surface area contributed by atoms with E-state index in [1.807, 2.05) is 31.2 Å². The maximum atomic E-state index is 12.5. The lowest BCUT2D eigenvalue weighted by atomic mass is 10.0. The number of piperidine rings is 1. The van der Waals surface area contributed by atoms with Gasteiger partial charge in [-0.3, -0.25) is 34.6 Å². The van der Waals surface area contributed by atoms with E-state index in [9.17, 15) is 14.4 Å². The lowest BCUT2D eigenvalue weighted by Crippen LogP contribution is -2.53. The highest BCUT2D eigenvalue weighted by Crippen LogP contribution is 2.35. The predicted octanol–water partition coefficient (Wildman–Crippen LogP) is 3.11. The molecule has 6 heterocycles. The Labute approximate surface area is 315 Å². The third-order valence-corrected chi connectivity index (χ3v) is 10.8. The fraction of sp³-hybridized carbons (Fsp3) is 0.526. The number of hydrogen-bond donors (Lipinski definition) is 4. The van der Waals surface area contributed by atoms with Crippen molar-refractivity contribution in [2.75, 3.05) is 86.6 Å². The van der Waals surface area contributed by atoms with Gasteiger partial charge in [-0.2, -0.15) is 0 Å². The van der Waals surface area contributed by atoms with Gasteiger partial charge in [-0.15, -0.1) is 0 Å². The van der Waals surface area contributed by atoms with Gasteiger partial charge in [0.1, 0.15) is 5.75 Å². The average molecular weight is 742 g/mol. The number of amides is 4. The fourth-order valence-corrected chi connectivity index (χ4v) is 7.75. The van der Waals surface area contributed by atoms with Crippen molar-refractivity contribution in [3.63, 3.8) is 0 Å². The number of hydrogen-bond acceptors (Lipinski definition) is 13. The van der Waals surface area contributed by atoms with E-state index in [0.29, 0.717) is 61.7 Å². The summed E-state index contributed by atoms with van der Waals surface area (Å²) in [6, 6.07) is 10.2. The molecule has 0 spiro atoms. The average Bonchev–Trinajstić information content (AvgIpc) is 3.19. The van der Waals surface area contributed by atoms with Crippen LogP contribution in [-0.2, 0) is 22.5 Å². The Morgan fingerprint density at radius 2 is 1.76 bits per heavy atom. The normalized spacial score (nSPS) is 19.4. The van der Waals surface area contributed by atoms with Crippen LogP contribution in [0.5, 0.6) is 5.75 Å². The lowest BCUT2D eigenvalue weighted by molar-refractivity contribution is -0.120. The predicted molar refractivity (Wildman–Crippen MR) is 205 cm³/mol. The van der Waals surface area contributed by atoms with E-state index in [0.717, 1.165) is 94.3 Å². The van der Waals surface area contributed by atoms with Crippen molar-refractivity contribution < 1.29 is 23.9 Å². The molecule has 288 valence electrons. The highest BCUT2D eigenvalue weighted by molar-refractivity contribution is 6.05. The first-order chi connectivity index (χ1) is 26.3. The van der Waals surface area contributed by atoms with Crippen molar-refractivity contribution in [2.45, 2.75) is 64.1 Å². The van der Waals surface area contributed by atoms with E-state index in [4.69, 9.17) is 20.2 Å². The molecule has 0 saturated carbocycles. The van der Waals surface area contributed by atoms with E-state index in [2.05, 4.69) is 46.7 Å². The summed E-state index contributed by atoms with van der Waals surface area (Å²) in [5.41, 5.74) is 9.98. The number of aryl methyl sites for hydroxylation is 1. The van der Waals surface area contributed by atoms with Crippen molar-refractivity contribution in [1.29, 1.82) is 0 Å². The zero-order valence-corrected chi connectivity index (χ0v) is 31.2. The number of urea groups is 1. The summed E-state index contributed by atoms with van der Waals surface area (Å²) in [7, 11) is 1.68. The van der Waals surface area contributed by atoms with Gasteiger partial charge in [-0.1, -0.05) is 6.92 Å². The third-order valence-electron chi connectivity index (χ3n) is 10.8. The van der Waals surface area contributed by atoms with Crippen LogP contribution in [0.3, 0.4) is 0 Å². The Hall–Kier alpha value is -5.06. The number of nitrogens with one attached hydrogen (secondary N) is 3. The summed E-state index contributed by atoms with van der Waals surface area (Å²) in [5.74, 6) is 0.813. The molecule has 16 heteroatoms. The van der Waals surface area contributed by atoms with Crippen LogP contribution in [0.15, 0.2) is 36.5 Å². The Balaban J connectivity index is 0.921. The molecule has 1 aromatic carbocycles. The number of anilines is 5.